The molecule has 0 unspecified atom stereocenters. The lowest BCUT2D eigenvalue weighted by Gasteiger charge is -2.18. The Morgan fingerprint density at radius 2 is 2.23 bits per heavy atom. The van der Waals surface area contributed by atoms with Crippen molar-refractivity contribution in [2.24, 2.45) is 0 Å². The predicted molar refractivity (Wildman–Crippen MR) is 71.7 cm³/mol. The number of carbonyl (C=O) groups excluding carboxylic acids is 2. The summed E-state index contributed by atoms with van der Waals surface area (Å²) in [5, 5.41) is 8.03. The summed E-state index contributed by atoms with van der Waals surface area (Å²) < 4.78 is 19.8. The van der Waals surface area contributed by atoms with Gasteiger partial charge in [-0.05, 0) is 13.8 Å². The van der Waals surface area contributed by atoms with Crippen LogP contribution < -0.4 is 15.1 Å². The Labute approximate surface area is 126 Å². The fourth-order valence-electron chi connectivity index (χ4n) is 1.78. The van der Waals surface area contributed by atoms with Crippen molar-refractivity contribution < 1.29 is 33.1 Å². The van der Waals surface area contributed by atoms with Crippen LogP contribution in [0.5, 0.6) is 0 Å². The van der Waals surface area contributed by atoms with Crippen molar-refractivity contribution in [2.45, 2.75) is 20.0 Å². The van der Waals surface area contributed by atoms with Gasteiger partial charge in [-0.1, -0.05) is 0 Å². The highest BCUT2D eigenvalue weighted by Gasteiger charge is 2.25. The van der Waals surface area contributed by atoms with Crippen LogP contribution in [0.2, 0.25) is 0 Å². The van der Waals surface area contributed by atoms with Gasteiger partial charge in [-0.15, -0.1) is 5.01 Å². The largest absolute Gasteiger partial charge is 0.463 e. The van der Waals surface area contributed by atoms with Crippen LogP contribution in [0.4, 0.5) is 10.7 Å². The summed E-state index contributed by atoms with van der Waals surface area (Å²) in [7, 11) is 0. The average Bonchev–Trinajstić information content (AvgIpc) is 2.96. The van der Waals surface area contributed by atoms with E-state index in [9.17, 15) is 9.59 Å². The van der Waals surface area contributed by atoms with Gasteiger partial charge >= 0.3 is 17.9 Å². The number of anilines is 1. The Bertz CT molecular complexity index is 513. The van der Waals surface area contributed by atoms with E-state index >= 15 is 0 Å². The molecule has 10 nitrogen and oxygen atoms in total. The van der Waals surface area contributed by atoms with Gasteiger partial charge in [0.25, 0.3) is 6.20 Å². The van der Waals surface area contributed by atoms with Crippen LogP contribution >= 0.6 is 0 Å². The number of nitrogens with one attached hydrogen (secondary N) is 1. The van der Waals surface area contributed by atoms with Crippen molar-refractivity contribution in [1.29, 1.82) is 0 Å². The summed E-state index contributed by atoms with van der Waals surface area (Å²) in [6.07, 6.45) is -0.332. The number of hydrogen-bond donors (Lipinski definition) is 1. The lowest BCUT2D eigenvalue weighted by Crippen LogP contribution is -2.62. The van der Waals surface area contributed by atoms with Crippen molar-refractivity contribution in [2.75, 3.05) is 43.2 Å². The lowest BCUT2D eigenvalue weighted by atomic mass is 10.4. The van der Waals surface area contributed by atoms with Crippen LogP contribution in [0.1, 0.15) is 13.8 Å². The molecule has 2 rings (SSSR count). The van der Waals surface area contributed by atoms with Gasteiger partial charge in [-0.3, -0.25) is 9.84 Å². The third-order valence-corrected chi connectivity index (χ3v) is 2.86. The average molecular weight is 315 g/mol. The van der Waals surface area contributed by atoms with E-state index in [0.717, 1.165) is 0 Å². The Morgan fingerprint density at radius 3 is 2.91 bits per heavy atom. The van der Waals surface area contributed by atoms with Gasteiger partial charge in [0.2, 0.25) is 5.27 Å². The highest BCUT2D eigenvalue weighted by molar-refractivity contribution is 5.85. The van der Waals surface area contributed by atoms with E-state index in [1.54, 1.807) is 6.92 Å². The van der Waals surface area contributed by atoms with Crippen LogP contribution in [0.15, 0.2) is 10.7 Å². The highest BCUT2D eigenvalue weighted by atomic mass is 16.6. The smallest absolute Gasteiger partial charge is 0.415 e. The van der Waals surface area contributed by atoms with Crippen molar-refractivity contribution >= 4 is 17.9 Å². The Hall–Kier alpha value is -2.36. The van der Waals surface area contributed by atoms with Crippen molar-refractivity contribution in [3.05, 3.63) is 6.20 Å². The van der Waals surface area contributed by atoms with E-state index < -0.39 is 18.2 Å². The second-order valence-electron chi connectivity index (χ2n) is 4.48. The first-order valence-electron chi connectivity index (χ1n) is 6.96. The van der Waals surface area contributed by atoms with Crippen LogP contribution in [0.25, 0.3) is 0 Å². The molecule has 1 fully saturated rings. The normalized spacial score (nSPS) is 16.0. The molecular weight excluding hydrogens is 296 g/mol. The standard InChI is InChI=1S/C12H18N4O6/c1-3-20-11(17)9(2)21-12(18)13-10-8-16(14-22-10)15-4-6-19-7-5-15/h8-9H,3-7H2,1-2H3/p+1/t9-/m0/s1. The Morgan fingerprint density at radius 1 is 1.50 bits per heavy atom. The number of nitrogens with zero attached hydrogens (tertiary/aromatic N) is 3. The molecular formula is C12H19N4O6+. The second-order valence-corrected chi connectivity index (χ2v) is 4.48. The van der Waals surface area contributed by atoms with Crippen molar-refractivity contribution in [1.82, 2.24) is 5.27 Å². The topological polar surface area (TPSA) is 107 Å². The summed E-state index contributed by atoms with van der Waals surface area (Å²) in [4.78, 5) is 24.5. The predicted octanol–water partition coefficient (Wildman–Crippen LogP) is -0.570. The molecule has 0 spiro atoms. The van der Waals surface area contributed by atoms with E-state index in [2.05, 4.69) is 10.6 Å². The number of carbonyl (C=O) groups is 2. The molecule has 22 heavy (non-hydrogen) atoms. The molecule has 0 saturated carbocycles. The minimum Gasteiger partial charge on any atom is -0.463 e. The molecule has 1 atom stereocenters. The first-order chi connectivity index (χ1) is 10.6. The van der Waals surface area contributed by atoms with Crippen molar-refractivity contribution in [3.63, 3.8) is 0 Å². The molecule has 1 aromatic rings. The monoisotopic (exact) mass is 315 g/mol. The number of rotatable bonds is 5. The summed E-state index contributed by atoms with van der Waals surface area (Å²) >= 11 is 0. The highest BCUT2D eigenvalue weighted by Crippen LogP contribution is 2.04. The second kappa shape index (κ2) is 7.59. The number of amides is 1. The van der Waals surface area contributed by atoms with Crippen LogP contribution in [-0.4, -0.2) is 56.3 Å². The number of ether oxygens (including phenoxy) is 3. The molecule has 0 bridgehead atoms. The van der Waals surface area contributed by atoms with E-state index in [0.29, 0.717) is 26.3 Å². The molecule has 0 aromatic carbocycles. The molecule has 1 aliphatic rings. The van der Waals surface area contributed by atoms with Crippen LogP contribution in [0, 0.1) is 0 Å². The summed E-state index contributed by atoms with van der Waals surface area (Å²) in [5.41, 5.74) is 0. The molecule has 1 N–H and O–H groups in total. The maximum absolute atomic E-state index is 11.6. The Balaban J connectivity index is 1.84. The number of aromatic nitrogens is 2. The zero-order valence-electron chi connectivity index (χ0n) is 12.5. The maximum atomic E-state index is 11.6. The zero-order chi connectivity index (χ0) is 15.9. The minimum absolute atomic E-state index is 0.104. The molecule has 0 radical (unpaired) electrons. The summed E-state index contributed by atoms with van der Waals surface area (Å²) in [5.74, 6) is -0.508. The summed E-state index contributed by atoms with van der Waals surface area (Å²) in [6.45, 7) is 5.84. The zero-order valence-corrected chi connectivity index (χ0v) is 12.5. The Kier molecular flexibility index (Phi) is 5.53. The first-order valence-corrected chi connectivity index (χ1v) is 6.96. The molecule has 10 heteroatoms. The maximum Gasteiger partial charge on any atom is 0.415 e. The summed E-state index contributed by atoms with van der Waals surface area (Å²) in [6, 6.07) is 0. The van der Waals surface area contributed by atoms with Gasteiger partial charge in [0.1, 0.15) is 0 Å². The molecule has 1 aromatic heterocycles. The van der Waals surface area contributed by atoms with E-state index in [4.69, 9.17) is 18.7 Å². The van der Waals surface area contributed by atoms with E-state index in [-0.39, 0.29) is 12.5 Å². The quantitative estimate of drug-likeness (QED) is 0.568. The van der Waals surface area contributed by atoms with Crippen molar-refractivity contribution in [3.8, 4) is 0 Å². The molecule has 122 valence electrons. The fourth-order valence-corrected chi connectivity index (χ4v) is 1.78. The number of esters is 1. The molecule has 1 aliphatic heterocycles. The SMILES string of the molecule is CCOC(=O)[C@H](C)OC(=O)Nc1c[n+](N2CCOCC2)no1. The number of morpholine rings is 1. The van der Waals surface area contributed by atoms with E-state index in [1.165, 1.54) is 17.9 Å². The van der Waals surface area contributed by atoms with Gasteiger partial charge in [-0.2, -0.15) is 0 Å². The van der Waals surface area contributed by atoms with Gasteiger partial charge < -0.3 is 14.2 Å². The fraction of sp³-hybridized carbons (Fsp3) is 0.667. The van der Waals surface area contributed by atoms with Gasteiger partial charge in [0.05, 0.1) is 37.7 Å². The van der Waals surface area contributed by atoms with Crippen LogP contribution in [0.3, 0.4) is 0 Å². The van der Waals surface area contributed by atoms with Gasteiger partial charge in [-0.25, -0.2) is 9.59 Å². The van der Waals surface area contributed by atoms with Gasteiger partial charge in [0.15, 0.2) is 6.10 Å². The third kappa shape index (κ3) is 4.32. The molecule has 1 saturated heterocycles. The number of hydrogen-bond acceptors (Lipinski definition) is 8. The third-order valence-electron chi connectivity index (χ3n) is 2.86. The molecule has 1 amide bonds. The van der Waals surface area contributed by atoms with Gasteiger partial charge in [0, 0.05) is 0 Å². The molecule has 0 aliphatic carbocycles. The molecule has 2 heterocycles. The first kappa shape index (κ1) is 16.0. The minimum atomic E-state index is -1.01. The van der Waals surface area contributed by atoms with E-state index in [1.807, 2.05) is 5.01 Å². The lowest BCUT2D eigenvalue weighted by molar-refractivity contribution is -0.759. The van der Waals surface area contributed by atoms with Crippen LogP contribution in [-0.2, 0) is 19.0 Å².